The Morgan fingerprint density at radius 1 is 0.718 bits per heavy atom. The lowest BCUT2D eigenvalue weighted by atomic mass is 10.2. The number of ether oxygens (including phenoxy) is 2. The van der Waals surface area contributed by atoms with Gasteiger partial charge in [0.2, 0.25) is 5.88 Å². The van der Waals surface area contributed by atoms with Gasteiger partial charge in [-0.2, -0.15) is 0 Å². The molecule has 0 aliphatic carbocycles. The quantitative estimate of drug-likeness (QED) is 0.302. The van der Waals surface area contributed by atoms with E-state index in [1.165, 1.54) is 36.4 Å². The van der Waals surface area contributed by atoms with Gasteiger partial charge in [0.15, 0.2) is 0 Å². The molecule has 0 atom stereocenters. The minimum atomic E-state index is -4.23. The smallest absolute Gasteiger partial charge is 0.429 e. The largest absolute Gasteiger partial charge is 0.515 e. The van der Waals surface area contributed by atoms with Gasteiger partial charge in [-0.3, -0.25) is 9.59 Å². The highest BCUT2D eigenvalue weighted by molar-refractivity contribution is 7.90. The molecule has 2 N–H and O–H groups in total. The molecule has 0 fully saturated rings. The van der Waals surface area contributed by atoms with Crippen LogP contribution in [0, 0.1) is 0 Å². The molecule has 1 heterocycles. The summed E-state index contributed by atoms with van der Waals surface area (Å²) >= 11 is 0. The second-order valence-electron chi connectivity index (χ2n) is 8.14. The van der Waals surface area contributed by atoms with Gasteiger partial charge in [-0.25, -0.2) is 22.9 Å². The van der Waals surface area contributed by atoms with Crippen LogP contribution in [-0.2, 0) is 27.9 Å². The van der Waals surface area contributed by atoms with E-state index in [1.807, 2.05) is 41.1 Å². The maximum Gasteiger partial charge on any atom is 0.515 e. The standard InChI is InChI=1S/C28H23N3O7S/c32-26(30-17-20-7-3-1-4-8-20)22-11-14-24(15-12-22)39(35,36)31-27(33)23-13-16-25(29-18-23)38-28(34)37-19-21-9-5-2-6-10-21/h1-16,18H,17,19H2,(H,30,32)(H,31,33). The third kappa shape index (κ3) is 7.73. The Labute approximate surface area is 224 Å². The molecule has 0 aliphatic heterocycles. The van der Waals surface area contributed by atoms with E-state index in [0.29, 0.717) is 6.54 Å². The second-order valence-corrected chi connectivity index (χ2v) is 9.82. The van der Waals surface area contributed by atoms with E-state index in [-0.39, 0.29) is 34.4 Å². The molecule has 39 heavy (non-hydrogen) atoms. The van der Waals surface area contributed by atoms with Crippen molar-refractivity contribution in [3.05, 3.63) is 126 Å². The molecule has 4 rings (SSSR count). The minimum absolute atomic E-state index is 0.0113. The number of pyridine rings is 1. The molecule has 10 nitrogen and oxygen atoms in total. The van der Waals surface area contributed by atoms with Crippen LogP contribution in [0.4, 0.5) is 4.79 Å². The Bertz CT molecular complexity index is 1540. The Hall–Kier alpha value is -5.03. The molecule has 198 valence electrons. The molecule has 0 bridgehead atoms. The molecule has 11 heteroatoms. The van der Waals surface area contributed by atoms with Crippen molar-refractivity contribution >= 4 is 28.0 Å². The van der Waals surface area contributed by atoms with E-state index in [2.05, 4.69) is 10.3 Å². The third-order valence-electron chi connectivity index (χ3n) is 5.34. The molecular formula is C28H23N3O7S. The first kappa shape index (κ1) is 27.0. The van der Waals surface area contributed by atoms with Crippen LogP contribution in [-0.4, -0.2) is 31.4 Å². The summed E-state index contributed by atoms with van der Waals surface area (Å²) in [5, 5.41) is 2.75. The number of amides is 2. The Kier molecular flexibility index (Phi) is 8.64. The molecule has 0 aliphatic rings. The molecular weight excluding hydrogens is 522 g/mol. The van der Waals surface area contributed by atoms with Crippen molar-refractivity contribution < 1.29 is 32.3 Å². The number of hydrogen-bond donors (Lipinski definition) is 2. The molecule has 1 aromatic heterocycles. The summed E-state index contributed by atoms with van der Waals surface area (Å²) < 4.78 is 37.2. The zero-order valence-corrected chi connectivity index (χ0v) is 21.3. The topological polar surface area (TPSA) is 141 Å². The van der Waals surface area contributed by atoms with E-state index in [9.17, 15) is 22.8 Å². The lowest BCUT2D eigenvalue weighted by molar-refractivity contribution is 0.0910. The monoisotopic (exact) mass is 545 g/mol. The number of carbonyl (C=O) groups is 3. The number of benzene rings is 3. The van der Waals surface area contributed by atoms with Crippen molar-refractivity contribution in [1.29, 1.82) is 0 Å². The molecule has 4 aromatic rings. The number of nitrogens with zero attached hydrogens (tertiary/aromatic N) is 1. The van der Waals surface area contributed by atoms with Crippen LogP contribution in [0.3, 0.4) is 0 Å². The highest BCUT2D eigenvalue weighted by Crippen LogP contribution is 2.14. The molecule has 3 aromatic carbocycles. The van der Waals surface area contributed by atoms with Gasteiger partial charge < -0.3 is 14.8 Å². The minimum Gasteiger partial charge on any atom is -0.429 e. The average Bonchev–Trinajstić information content (AvgIpc) is 2.96. The van der Waals surface area contributed by atoms with Crippen LogP contribution in [0.15, 0.2) is 108 Å². The summed E-state index contributed by atoms with van der Waals surface area (Å²) in [5.74, 6) is -1.44. The summed E-state index contributed by atoms with van der Waals surface area (Å²) in [5.41, 5.74) is 1.88. The summed E-state index contributed by atoms with van der Waals surface area (Å²) in [6, 6.07) is 26.0. The zero-order chi connectivity index (χ0) is 27.7. The van der Waals surface area contributed by atoms with Crippen molar-refractivity contribution in [2.24, 2.45) is 0 Å². The second kappa shape index (κ2) is 12.5. The first-order chi connectivity index (χ1) is 18.8. The predicted molar refractivity (Wildman–Crippen MR) is 140 cm³/mol. The molecule has 0 spiro atoms. The summed E-state index contributed by atoms with van der Waals surface area (Å²) in [7, 11) is -4.23. The van der Waals surface area contributed by atoms with Crippen LogP contribution in [0.25, 0.3) is 0 Å². The summed E-state index contributed by atoms with van der Waals surface area (Å²) in [6.07, 6.45) is 0.0773. The predicted octanol–water partition coefficient (Wildman–Crippen LogP) is 3.85. The number of carbonyl (C=O) groups excluding carboxylic acids is 3. The zero-order valence-electron chi connectivity index (χ0n) is 20.4. The van der Waals surface area contributed by atoms with Crippen molar-refractivity contribution in [2.45, 2.75) is 18.0 Å². The van der Waals surface area contributed by atoms with Crippen molar-refractivity contribution in [1.82, 2.24) is 15.0 Å². The fourth-order valence-corrected chi connectivity index (χ4v) is 4.29. The van der Waals surface area contributed by atoms with E-state index in [1.54, 1.807) is 24.3 Å². The maximum atomic E-state index is 12.7. The van der Waals surface area contributed by atoms with E-state index >= 15 is 0 Å². The van der Waals surface area contributed by atoms with E-state index < -0.39 is 22.1 Å². The van der Waals surface area contributed by atoms with Gasteiger partial charge in [-0.05, 0) is 41.5 Å². The third-order valence-corrected chi connectivity index (χ3v) is 6.68. The van der Waals surface area contributed by atoms with Gasteiger partial charge in [0.1, 0.15) is 6.61 Å². The first-order valence-electron chi connectivity index (χ1n) is 11.6. The van der Waals surface area contributed by atoms with E-state index in [4.69, 9.17) is 9.47 Å². The molecule has 0 saturated carbocycles. The number of hydrogen-bond acceptors (Lipinski definition) is 8. The number of sulfonamides is 1. The van der Waals surface area contributed by atoms with Gasteiger partial charge in [0.25, 0.3) is 21.8 Å². The Morgan fingerprint density at radius 3 is 1.95 bits per heavy atom. The van der Waals surface area contributed by atoms with Gasteiger partial charge in [-0.1, -0.05) is 60.7 Å². The van der Waals surface area contributed by atoms with Crippen molar-refractivity contribution in [3.8, 4) is 5.88 Å². The van der Waals surface area contributed by atoms with Crippen LogP contribution in [0.2, 0.25) is 0 Å². The van der Waals surface area contributed by atoms with E-state index in [0.717, 1.165) is 17.3 Å². The molecule has 0 unspecified atom stereocenters. The highest BCUT2D eigenvalue weighted by atomic mass is 32.2. The van der Waals surface area contributed by atoms with Gasteiger partial charge >= 0.3 is 6.16 Å². The van der Waals surface area contributed by atoms with Crippen molar-refractivity contribution in [2.75, 3.05) is 0 Å². The van der Waals surface area contributed by atoms with Gasteiger partial charge in [0.05, 0.1) is 10.5 Å². The molecule has 2 amide bonds. The Balaban J connectivity index is 1.30. The maximum absolute atomic E-state index is 12.7. The van der Waals surface area contributed by atoms with Gasteiger partial charge in [0, 0.05) is 24.4 Å². The molecule has 0 saturated heterocycles. The SMILES string of the molecule is O=C(OCc1ccccc1)Oc1ccc(C(=O)NS(=O)(=O)c2ccc(C(=O)NCc3ccccc3)cc2)cn1. The molecule has 0 radical (unpaired) electrons. The fraction of sp³-hybridized carbons (Fsp3) is 0.0714. The lowest BCUT2D eigenvalue weighted by Gasteiger charge is -2.09. The van der Waals surface area contributed by atoms with Crippen LogP contribution < -0.4 is 14.8 Å². The summed E-state index contributed by atoms with van der Waals surface area (Å²) in [6.45, 7) is 0.333. The highest BCUT2D eigenvalue weighted by Gasteiger charge is 2.20. The number of rotatable bonds is 9. The van der Waals surface area contributed by atoms with Crippen LogP contribution >= 0.6 is 0 Å². The summed E-state index contributed by atoms with van der Waals surface area (Å²) in [4.78, 5) is 40.3. The van der Waals surface area contributed by atoms with Crippen molar-refractivity contribution in [3.63, 3.8) is 0 Å². The lowest BCUT2D eigenvalue weighted by Crippen LogP contribution is -2.30. The number of nitrogens with one attached hydrogen (secondary N) is 2. The normalized spacial score (nSPS) is 10.8. The first-order valence-corrected chi connectivity index (χ1v) is 13.1. The van der Waals surface area contributed by atoms with Crippen LogP contribution in [0.1, 0.15) is 31.8 Å². The Morgan fingerprint density at radius 2 is 1.33 bits per heavy atom. The fourth-order valence-electron chi connectivity index (χ4n) is 3.31. The van der Waals surface area contributed by atoms with Gasteiger partial charge in [-0.15, -0.1) is 0 Å². The average molecular weight is 546 g/mol. The number of aromatic nitrogens is 1. The van der Waals surface area contributed by atoms with Crippen LogP contribution in [0.5, 0.6) is 5.88 Å².